The van der Waals surface area contributed by atoms with Gasteiger partial charge < -0.3 is 4.90 Å². The summed E-state index contributed by atoms with van der Waals surface area (Å²) in [5.74, 6) is 0.246. The molecule has 1 saturated heterocycles. The first-order chi connectivity index (χ1) is 5.31. The Bertz CT molecular complexity index is 165. The van der Waals surface area contributed by atoms with Gasteiger partial charge in [-0.3, -0.25) is 4.79 Å². The van der Waals surface area contributed by atoms with Crippen LogP contribution in [-0.2, 0) is 4.79 Å². The van der Waals surface area contributed by atoms with Gasteiger partial charge in [0.05, 0.1) is 0 Å². The van der Waals surface area contributed by atoms with E-state index in [1.165, 1.54) is 12.8 Å². The summed E-state index contributed by atoms with van der Waals surface area (Å²) in [6.07, 6.45) is 6.25. The van der Waals surface area contributed by atoms with E-state index in [2.05, 4.69) is 13.5 Å². The maximum Gasteiger partial charge on any atom is 0.250 e. The SMILES string of the molecule is C=CN1C(=O)C1CCCCC. The number of nitrogens with zero attached hydrogens (tertiary/aromatic N) is 1. The number of rotatable bonds is 5. The molecule has 1 aliphatic heterocycles. The van der Waals surface area contributed by atoms with Gasteiger partial charge in [-0.15, -0.1) is 0 Å². The van der Waals surface area contributed by atoms with Crippen molar-refractivity contribution < 1.29 is 4.79 Å². The van der Waals surface area contributed by atoms with Gasteiger partial charge in [0.2, 0.25) is 5.91 Å². The lowest BCUT2D eigenvalue weighted by Crippen LogP contribution is -1.92. The van der Waals surface area contributed by atoms with Crippen molar-refractivity contribution in [2.45, 2.75) is 38.6 Å². The predicted molar refractivity (Wildman–Crippen MR) is 45.0 cm³/mol. The number of amides is 1. The Hall–Kier alpha value is -0.790. The van der Waals surface area contributed by atoms with Crippen molar-refractivity contribution in [2.24, 2.45) is 0 Å². The van der Waals surface area contributed by atoms with E-state index in [9.17, 15) is 4.79 Å². The van der Waals surface area contributed by atoms with Crippen LogP contribution in [0.1, 0.15) is 32.6 Å². The summed E-state index contributed by atoms with van der Waals surface area (Å²) >= 11 is 0. The van der Waals surface area contributed by atoms with Gasteiger partial charge >= 0.3 is 0 Å². The van der Waals surface area contributed by atoms with Crippen molar-refractivity contribution in [3.05, 3.63) is 12.8 Å². The van der Waals surface area contributed by atoms with Gasteiger partial charge in [0.15, 0.2) is 0 Å². The Labute approximate surface area is 67.9 Å². The molecule has 0 aliphatic carbocycles. The van der Waals surface area contributed by atoms with Crippen molar-refractivity contribution in [3.63, 3.8) is 0 Å². The monoisotopic (exact) mass is 153 g/mol. The van der Waals surface area contributed by atoms with Crippen LogP contribution in [0.3, 0.4) is 0 Å². The predicted octanol–water partition coefficient (Wildman–Crippen LogP) is 1.92. The molecule has 62 valence electrons. The third-order valence-electron chi connectivity index (χ3n) is 2.09. The maximum atomic E-state index is 10.9. The Morgan fingerprint density at radius 3 is 2.82 bits per heavy atom. The molecule has 0 bridgehead atoms. The zero-order valence-electron chi connectivity index (χ0n) is 7.05. The standard InChI is InChI=1S/C9H15NO/c1-3-5-6-7-8-9(11)10(8)4-2/h4,8H,2-3,5-7H2,1H3. The molecule has 1 amide bonds. The van der Waals surface area contributed by atoms with E-state index in [0.717, 1.165) is 12.8 Å². The van der Waals surface area contributed by atoms with Crippen molar-refractivity contribution in [2.75, 3.05) is 0 Å². The number of unbranched alkanes of at least 4 members (excludes halogenated alkanes) is 2. The smallest absolute Gasteiger partial charge is 0.250 e. The molecule has 1 atom stereocenters. The fourth-order valence-electron chi connectivity index (χ4n) is 1.30. The molecule has 11 heavy (non-hydrogen) atoms. The molecule has 1 fully saturated rings. The average molecular weight is 153 g/mol. The summed E-state index contributed by atoms with van der Waals surface area (Å²) in [4.78, 5) is 12.6. The molecular weight excluding hydrogens is 138 g/mol. The summed E-state index contributed by atoms with van der Waals surface area (Å²) in [5.41, 5.74) is 0. The Kier molecular flexibility index (Phi) is 2.69. The summed E-state index contributed by atoms with van der Waals surface area (Å²) in [6.45, 7) is 5.72. The third kappa shape index (κ3) is 1.82. The van der Waals surface area contributed by atoms with Crippen molar-refractivity contribution >= 4 is 5.91 Å². The topological polar surface area (TPSA) is 20.1 Å². The second-order valence-electron chi connectivity index (χ2n) is 2.94. The molecule has 0 saturated carbocycles. The molecule has 1 unspecified atom stereocenters. The Morgan fingerprint density at radius 2 is 2.36 bits per heavy atom. The molecule has 0 N–H and O–H groups in total. The van der Waals surface area contributed by atoms with Crippen LogP contribution in [0.5, 0.6) is 0 Å². The van der Waals surface area contributed by atoms with Gasteiger partial charge in [-0.1, -0.05) is 32.8 Å². The first-order valence-electron chi connectivity index (χ1n) is 4.26. The highest BCUT2D eigenvalue weighted by Crippen LogP contribution is 2.25. The first kappa shape index (κ1) is 8.31. The molecule has 0 aromatic rings. The first-order valence-corrected chi connectivity index (χ1v) is 4.26. The van der Waals surface area contributed by atoms with Crippen LogP contribution in [0, 0.1) is 0 Å². The van der Waals surface area contributed by atoms with Crippen LogP contribution in [0.25, 0.3) is 0 Å². The molecule has 2 nitrogen and oxygen atoms in total. The second-order valence-corrected chi connectivity index (χ2v) is 2.94. The van der Waals surface area contributed by atoms with Gasteiger partial charge in [0, 0.05) is 6.20 Å². The normalized spacial score (nSPS) is 22.1. The van der Waals surface area contributed by atoms with Gasteiger partial charge in [0.25, 0.3) is 0 Å². The minimum absolute atomic E-state index is 0.180. The molecule has 0 aromatic heterocycles. The maximum absolute atomic E-state index is 10.9. The van der Waals surface area contributed by atoms with Gasteiger partial charge in [-0.05, 0) is 6.42 Å². The molecule has 0 radical (unpaired) electrons. The van der Waals surface area contributed by atoms with Crippen LogP contribution in [0.4, 0.5) is 0 Å². The molecule has 0 aromatic carbocycles. The summed E-state index contributed by atoms with van der Waals surface area (Å²) < 4.78 is 0. The molecule has 0 spiro atoms. The lowest BCUT2D eigenvalue weighted by molar-refractivity contribution is -0.113. The minimum atomic E-state index is 0.180. The molecule has 2 heteroatoms. The highest BCUT2D eigenvalue weighted by atomic mass is 16.2. The average Bonchev–Trinajstić information content (AvgIpc) is 2.62. The Morgan fingerprint density at radius 1 is 1.64 bits per heavy atom. The van der Waals surface area contributed by atoms with Crippen LogP contribution in [0.15, 0.2) is 12.8 Å². The van der Waals surface area contributed by atoms with Crippen molar-refractivity contribution in [1.29, 1.82) is 0 Å². The number of carbonyl (C=O) groups excluding carboxylic acids is 1. The highest BCUT2D eigenvalue weighted by Gasteiger charge is 2.42. The van der Waals surface area contributed by atoms with E-state index < -0.39 is 0 Å². The van der Waals surface area contributed by atoms with E-state index in [4.69, 9.17) is 0 Å². The fourth-order valence-corrected chi connectivity index (χ4v) is 1.30. The third-order valence-corrected chi connectivity index (χ3v) is 2.09. The molecular formula is C9H15NO. The minimum Gasteiger partial charge on any atom is -0.305 e. The van der Waals surface area contributed by atoms with Crippen molar-refractivity contribution in [1.82, 2.24) is 4.90 Å². The lowest BCUT2D eigenvalue weighted by Gasteiger charge is -1.94. The lowest BCUT2D eigenvalue weighted by atomic mass is 10.2. The number of carbonyl (C=O) groups is 1. The van der Waals surface area contributed by atoms with E-state index in [1.54, 1.807) is 11.1 Å². The quantitative estimate of drug-likeness (QED) is 0.436. The largest absolute Gasteiger partial charge is 0.305 e. The van der Waals surface area contributed by atoms with E-state index in [0.29, 0.717) is 0 Å². The highest BCUT2D eigenvalue weighted by molar-refractivity contribution is 5.97. The molecule has 1 rings (SSSR count). The fraction of sp³-hybridized carbons (Fsp3) is 0.667. The van der Waals surface area contributed by atoms with Crippen LogP contribution < -0.4 is 0 Å². The van der Waals surface area contributed by atoms with Gasteiger partial charge in [-0.2, -0.15) is 0 Å². The van der Waals surface area contributed by atoms with Crippen LogP contribution in [0.2, 0.25) is 0 Å². The summed E-state index contributed by atoms with van der Waals surface area (Å²) in [7, 11) is 0. The van der Waals surface area contributed by atoms with E-state index in [-0.39, 0.29) is 11.9 Å². The zero-order valence-corrected chi connectivity index (χ0v) is 7.05. The van der Waals surface area contributed by atoms with Crippen LogP contribution >= 0.6 is 0 Å². The zero-order chi connectivity index (χ0) is 8.27. The van der Waals surface area contributed by atoms with Crippen LogP contribution in [-0.4, -0.2) is 16.8 Å². The number of hydrogen-bond acceptors (Lipinski definition) is 1. The van der Waals surface area contributed by atoms with Gasteiger partial charge in [0.1, 0.15) is 6.04 Å². The number of hydrogen-bond donors (Lipinski definition) is 0. The second kappa shape index (κ2) is 3.56. The van der Waals surface area contributed by atoms with Crippen molar-refractivity contribution in [3.8, 4) is 0 Å². The Balaban J connectivity index is 2.11. The van der Waals surface area contributed by atoms with E-state index >= 15 is 0 Å². The summed E-state index contributed by atoms with van der Waals surface area (Å²) in [5, 5.41) is 0. The van der Waals surface area contributed by atoms with Gasteiger partial charge in [-0.25, -0.2) is 0 Å². The van der Waals surface area contributed by atoms with E-state index in [1.807, 2.05) is 0 Å². The molecule has 1 aliphatic rings. The summed E-state index contributed by atoms with van der Waals surface area (Å²) in [6, 6.07) is 0.180. The molecule has 1 heterocycles.